The maximum Gasteiger partial charge on any atom is 0.258 e. The van der Waals surface area contributed by atoms with Gasteiger partial charge < -0.3 is 25.7 Å². The summed E-state index contributed by atoms with van der Waals surface area (Å²) in [5, 5.41) is 15.1. The Bertz CT molecular complexity index is 1080. The highest BCUT2D eigenvalue weighted by atomic mass is 35.5. The number of carbonyl (C=O) groups is 1. The maximum atomic E-state index is 13.9. The lowest BCUT2D eigenvalue weighted by Crippen LogP contribution is -2.47. The molecule has 2 heterocycles. The maximum absolute atomic E-state index is 13.9. The van der Waals surface area contributed by atoms with Crippen LogP contribution in [-0.2, 0) is 0 Å². The van der Waals surface area contributed by atoms with Crippen LogP contribution in [0.2, 0.25) is 0 Å². The molecule has 1 aromatic carbocycles. The zero-order chi connectivity index (χ0) is 23.7. The summed E-state index contributed by atoms with van der Waals surface area (Å²) in [5.74, 6) is -0.165. The van der Waals surface area contributed by atoms with Crippen LogP contribution >= 0.6 is 11.6 Å². The summed E-state index contributed by atoms with van der Waals surface area (Å²) in [7, 11) is 0. The van der Waals surface area contributed by atoms with Crippen LogP contribution in [0.3, 0.4) is 0 Å². The molecule has 0 bridgehead atoms. The first-order valence-corrected chi connectivity index (χ1v) is 11.2. The molecule has 0 unspecified atom stereocenters. The Morgan fingerprint density at radius 2 is 2.12 bits per heavy atom. The summed E-state index contributed by atoms with van der Waals surface area (Å²) in [6.45, 7) is 3.77. The van der Waals surface area contributed by atoms with E-state index in [1.54, 1.807) is 6.92 Å². The number of alkyl halides is 1. The topological polar surface area (TPSA) is 89.8 Å². The Morgan fingerprint density at radius 3 is 2.82 bits per heavy atom. The molecule has 3 aliphatic rings. The van der Waals surface area contributed by atoms with Gasteiger partial charge in [0.15, 0.2) is 0 Å². The number of likely N-dealkylation sites (tertiary alicyclic amines) is 1. The van der Waals surface area contributed by atoms with Gasteiger partial charge in [0.2, 0.25) is 0 Å². The van der Waals surface area contributed by atoms with E-state index in [0.717, 1.165) is 5.70 Å². The van der Waals surface area contributed by atoms with Crippen molar-refractivity contribution in [3.8, 4) is 5.75 Å². The van der Waals surface area contributed by atoms with Gasteiger partial charge in [-0.05, 0) is 38.8 Å². The van der Waals surface area contributed by atoms with Crippen LogP contribution in [0.5, 0.6) is 5.75 Å². The van der Waals surface area contributed by atoms with Gasteiger partial charge in [-0.1, -0.05) is 11.6 Å². The van der Waals surface area contributed by atoms with Gasteiger partial charge in [0.25, 0.3) is 5.91 Å². The monoisotopic (exact) mass is 477 g/mol. The van der Waals surface area contributed by atoms with E-state index < -0.39 is 12.5 Å². The molecule has 2 aliphatic heterocycles. The third kappa shape index (κ3) is 4.94. The number of allylic oxidation sites excluding steroid dienone is 2. The van der Waals surface area contributed by atoms with Crippen LogP contribution < -0.4 is 15.4 Å². The van der Waals surface area contributed by atoms with E-state index in [4.69, 9.17) is 21.7 Å². The SMILES string of the molecule is CC1=N/C(=C2\CN(C(=O)c3ccc(F)cc3OC3CC(NCCF)C3)CC2=N)NC(C)=C1Cl. The van der Waals surface area contributed by atoms with E-state index >= 15 is 0 Å². The molecule has 10 heteroatoms. The number of amides is 1. The summed E-state index contributed by atoms with van der Waals surface area (Å²) < 4.78 is 32.2. The molecule has 0 aromatic heterocycles. The van der Waals surface area contributed by atoms with Crippen molar-refractivity contribution in [2.24, 2.45) is 4.99 Å². The van der Waals surface area contributed by atoms with Crippen LogP contribution in [0.4, 0.5) is 8.78 Å². The van der Waals surface area contributed by atoms with Crippen molar-refractivity contribution in [3.63, 3.8) is 0 Å². The summed E-state index contributed by atoms with van der Waals surface area (Å²) >= 11 is 6.19. The number of hydrogen-bond donors (Lipinski definition) is 3. The van der Waals surface area contributed by atoms with Crippen molar-refractivity contribution < 1.29 is 18.3 Å². The molecular weight excluding hydrogens is 452 g/mol. The summed E-state index contributed by atoms with van der Waals surface area (Å²) in [5.41, 5.74) is 2.50. The molecule has 33 heavy (non-hydrogen) atoms. The number of halogens is 3. The van der Waals surface area contributed by atoms with Crippen molar-refractivity contribution >= 4 is 28.9 Å². The zero-order valence-corrected chi connectivity index (χ0v) is 19.2. The normalized spacial score (nSPS) is 25.1. The molecule has 0 atom stereocenters. The molecule has 4 rings (SSSR count). The molecule has 1 saturated heterocycles. The molecule has 1 aliphatic carbocycles. The highest BCUT2D eigenvalue weighted by Gasteiger charge is 2.34. The van der Waals surface area contributed by atoms with Gasteiger partial charge in [-0.15, -0.1) is 0 Å². The molecular formula is C23H26ClF2N5O2. The number of nitrogens with one attached hydrogen (secondary N) is 3. The van der Waals surface area contributed by atoms with E-state index in [1.165, 1.54) is 23.1 Å². The van der Waals surface area contributed by atoms with Crippen LogP contribution in [-0.4, -0.2) is 60.7 Å². The van der Waals surface area contributed by atoms with Gasteiger partial charge >= 0.3 is 0 Å². The second-order valence-electron chi connectivity index (χ2n) is 8.42. The van der Waals surface area contributed by atoms with E-state index in [-0.39, 0.29) is 48.2 Å². The Balaban J connectivity index is 1.49. The second-order valence-corrected chi connectivity index (χ2v) is 8.80. The fourth-order valence-electron chi connectivity index (χ4n) is 4.09. The molecule has 1 saturated carbocycles. The van der Waals surface area contributed by atoms with Crippen LogP contribution in [0.1, 0.15) is 37.0 Å². The molecule has 1 amide bonds. The van der Waals surface area contributed by atoms with Crippen LogP contribution in [0, 0.1) is 11.2 Å². The molecule has 0 radical (unpaired) electrons. The fourth-order valence-corrected chi connectivity index (χ4v) is 4.18. The highest BCUT2D eigenvalue weighted by Crippen LogP contribution is 2.31. The minimum absolute atomic E-state index is 0.111. The second kappa shape index (κ2) is 9.61. The predicted octanol–water partition coefficient (Wildman–Crippen LogP) is 3.52. The Hall–Kier alpha value is -2.78. The van der Waals surface area contributed by atoms with Crippen molar-refractivity contribution in [1.29, 1.82) is 5.41 Å². The van der Waals surface area contributed by atoms with E-state index in [2.05, 4.69) is 15.6 Å². The number of carbonyl (C=O) groups excluding carboxylic acids is 1. The number of hydrogen-bond acceptors (Lipinski definition) is 6. The molecule has 2 fully saturated rings. The third-order valence-electron chi connectivity index (χ3n) is 5.96. The molecule has 3 N–H and O–H groups in total. The first kappa shape index (κ1) is 23.4. The average molecular weight is 478 g/mol. The van der Waals surface area contributed by atoms with Crippen molar-refractivity contribution in [1.82, 2.24) is 15.5 Å². The van der Waals surface area contributed by atoms with Crippen molar-refractivity contribution in [2.45, 2.75) is 38.8 Å². The van der Waals surface area contributed by atoms with E-state index in [0.29, 0.717) is 41.5 Å². The van der Waals surface area contributed by atoms with Crippen LogP contribution in [0.25, 0.3) is 0 Å². The van der Waals surface area contributed by atoms with Crippen molar-refractivity contribution in [2.75, 3.05) is 26.3 Å². The minimum Gasteiger partial charge on any atom is -0.489 e. The van der Waals surface area contributed by atoms with Gasteiger partial charge in [-0.3, -0.25) is 4.79 Å². The summed E-state index contributed by atoms with van der Waals surface area (Å²) in [6, 6.07) is 4.00. The molecule has 0 spiro atoms. The van der Waals surface area contributed by atoms with Gasteiger partial charge in [0.1, 0.15) is 30.2 Å². The Morgan fingerprint density at radius 1 is 1.36 bits per heavy atom. The van der Waals surface area contributed by atoms with Crippen molar-refractivity contribution in [3.05, 3.63) is 51.7 Å². The van der Waals surface area contributed by atoms with Crippen LogP contribution in [0.15, 0.2) is 45.3 Å². The lowest BCUT2D eigenvalue weighted by molar-refractivity contribution is 0.0737. The lowest BCUT2D eigenvalue weighted by Gasteiger charge is -2.36. The number of rotatable bonds is 6. The highest BCUT2D eigenvalue weighted by molar-refractivity contribution is 6.43. The first-order valence-electron chi connectivity index (χ1n) is 10.8. The summed E-state index contributed by atoms with van der Waals surface area (Å²) in [6.07, 6.45) is 1.15. The number of aliphatic imine (C=N–C) groups is 1. The zero-order valence-electron chi connectivity index (χ0n) is 18.5. The van der Waals surface area contributed by atoms with E-state index in [9.17, 15) is 13.6 Å². The minimum atomic E-state index is -0.500. The van der Waals surface area contributed by atoms with Gasteiger partial charge in [-0.2, -0.15) is 0 Å². The fraction of sp³-hybridized carbons (Fsp3) is 0.435. The van der Waals surface area contributed by atoms with Gasteiger partial charge in [-0.25, -0.2) is 13.8 Å². The summed E-state index contributed by atoms with van der Waals surface area (Å²) in [4.78, 5) is 19.2. The van der Waals surface area contributed by atoms with E-state index in [1.807, 2.05) is 6.92 Å². The van der Waals surface area contributed by atoms with Gasteiger partial charge in [0.05, 0.1) is 35.1 Å². The largest absolute Gasteiger partial charge is 0.489 e. The Labute approximate surface area is 196 Å². The third-order valence-corrected chi connectivity index (χ3v) is 6.51. The number of ether oxygens (including phenoxy) is 1. The molecule has 176 valence electrons. The smallest absolute Gasteiger partial charge is 0.258 e. The standard InChI is InChI=1S/C23H26ClF2N5O2/c1-12-21(24)13(2)30-22(29-12)18-10-31(11-19(18)27)23(32)17-4-3-14(26)7-20(17)33-16-8-15(9-16)28-6-5-25/h3-4,7,15-16,27-29H,5-6,8-11H2,1-2H3/b22-18+,27-19?. The first-order chi connectivity index (χ1) is 15.8. The molecule has 1 aromatic rings. The van der Waals surface area contributed by atoms with Gasteiger partial charge in [0, 0.05) is 29.9 Å². The number of nitrogens with zero attached hydrogens (tertiary/aromatic N) is 2. The Kier molecular flexibility index (Phi) is 6.81. The average Bonchev–Trinajstić information content (AvgIpc) is 3.14. The predicted molar refractivity (Wildman–Crippen MR) is 123 cm³/mol. The lowest BCUT2D eigenvalue weighted by atomic mass is 9.89. The number of benzene rings is 1. The quantitative estimate of drug-likeness (QED) is 0.585. The molecule has 7 nitrogen and oxygen atoms in total.